The third-order valence-corrected chi connectivity index (χ3v) is 4.88. The Hall–Kier alpha value is -0.790. The molecular formula is C15H24O2. The van der Waals surface area contributed by atoms with Gasteiger partial charge in [0.2, 0.25) is 0 Å². The summed E-state index contributed by atoms with van der Waals surface area (Å²) in [4.78, 5) is 10.8. The zero-order chi connectivity index (χ0) is 12.3. The minimum Gasteiger partial charge on any atom is -0.463 e. The van der Waals surface area contributed by atoms with Gasteiger partial charge in [0.05, 0.1) is 6.61 Å². The van der Waals surface area contributed by atoms with Crippen molar-refractivity contribution in [3.63, 3.8) is 0 Å². The Kier molecular flexibility index (Phi) is 4.25. The molecule has 0 aromatic carbocycles. The van der Waals surface area contributed by atoms with Gasteiger partial charge in [-0.1, -0.05) is 13.5 Å². The fraction of sp³-hybridized carbons (Fsp3) is 0.800. The van der Waals surface area contributed by atoms with Crippen LogP contribution >= 0.6 is 0 Å². The van der Waals surface area contributed by atoms with Crippen LogP contribution in [0.15, 0.2) is 12.7 Å². The van der Waals surface area contributed by atoms with Gasteiger partial charge in [0, 0.05) is 6.08 Å². The Bertz CT molecular complexity index is 283. The normalized spacial score (nSPS) is 34.9. The Morgan fingerprint density at radius 2 is 2.12 bits per heavy atom. The van der Waals surface area contributed by atoms with Crippen LogP contribution in [0, 0.1) is 23.7 Å². The summed E-state index contributed by atoms with van der Waals surface area (Å²) in [6, 6.07) is 0. The molecule has 0 radical (unpaired) electrons. The maximum absolute atomic E-state index is 10.8. The lowest BCUT2D eigenvalue weighted by Crippen LogP contribution is -2.19. The number of carbonyl (C=O) groups excluding carboxylic acids is 1. The largest absolute Gasteiger partial charge is 0.463 e. The summed E-state index contributed by atoms with van der Waals surface area (Å²) in [5, 5.41) is 0. The summed E-state index contributed by atoms with van der Waals surface area (Å²) in [6.45, 7) is 6.38. The molecular weight excluding hydrogens is 212 g/mol. The highest BCUT2D eigenvalue weighted by atomic mass is 16.5. The molecule has 0 spiro atoms. The van der Waals surface area contributed by atoms with Gasteiger partial charge in [-0.3, -0.25) is 0 Å². The zero-order valence-corrected chi connectivity index (χ0v) is 10.9. The Labute approximate surface area is 104 Å². The number of carbonyl (C=O) groups is 1. The van der Waals surface area contributed by atoms with Crippen molar-refractivity contribution in [1.82, 2.24) is 0 Å². The molecule has 2 aliphatic carbocycles. The number of ether oxygens (including phenoxy) is 1. The Morgan fingerprint density at radius 3 is 2.76 bits per heavy atom. The predicted octanol–water partition coefficient (Wildman–Crippen LogP) is 3.57. The van der Waals surface area contributed by atoms with E-state index in [1.165, 1.54) is 38.2 Å². The van der Waals surface area contributed by atoms with E-state index in [9.17, 15) is 4.79 Å². The van der Waals surface area contributed by atoms with E-state index in [-0.39, 0.29) is 5.97 Å². The molecule has 0 aromatic heterocycles. The Balaban J connectivity index is 1.59. The van der Waals surface area contributed by atoms with E-state index < -0.39 is 0 Å². The molecule has 2 bridgehead atoms. The lowest BCUT2D eigenvalue weighted by molar-refractivity contribution is -0.137. The molecule has 2 saturated carbocycles. The first kappa shape index (κ1) is 12.7. The standard InChI is InChI=1S/C15H24O2/c1-3-15(16)17-9-5-4-6-14-11(2)12-7-8-13(14)10-12/h3,11-14H,1,4-10H2,2H3. The molecule has 4 atom stereocenters. The van der Waals surface area contributed by atoms with Crippen molar-refractivity contribution in [1.29, 1.82) is 0 Å². The molecule has 0 amide bonds. The fourth-order valence-electron chi connectivity index (χ4n) is 3.91. The van der Waals surface area contributed by atoms with E-state index in [0.29, 0.717) is 6.61 Å². The molecule has 0 N–H and O–H groups in total. The van der Waals surface area contributed by atoms with E-state index in [2.05, 4.69) is 13.5 Å². The molecule has 4 unspecified atom stereocenters. The van der Waals surface area contributed by atoms with Crippen LogP contribution in [0.25, 0.3) is 0 Å². The van der Waals surface area contributed by atoms with Crippen molar-refractivity contribution in [2.45, 2.75) is 45.4 Å². The van der Waals surface area contributed by atoms with E-state index in [4.69, 9.17) is 4.74 Å². The van der Waals surface area contributed by atoms with Crippen LogP contribution < -0.4 is 0 Å². The monoisotopic (exact) mass is 236 g/mol. The average molecular weight is 236 g/mol. The molecule has 17 heavy (non-hydrogen) atoms. The van der Waals surface area contributed by atoms with Gasteiger partial charge in [-0.15, -0.1) is 0 Å². The number of hydrogen-bond donors (Lipinski definition) is 0. The summed E-state index contributed by atoms with van der Waals surface area (Å²) >= 11 is 0. The maximum atomic E-state index is 10.8. The predicted molar refractivity (Wildman–Crippen MR) is 68.5 cm³/mol. The van der Waals surface area contributed by atoms with E-state index >= 15 is 0 Å². The number of hydrogen-bond acceptors (Lipinski definition) is 2. The summed E-state index contributed by atoms with van der Waals surface area (Å²) in [7, 11) is 0. The highest BCUT2D eigenvalue weighted by Gasteiger charge is 2.44. The lowest BCUT2D eigenvalue weighted by Gasteiger charge is -2.28. The van der Waals surface area contributed by atoms with Gasteiger partial charge in [-0.05, 0) is 62.2 Å². The van der Waals surface area contributed by atoms with Gasteiger partial charge in [-0.25, -0.2) is 4.79 Å². The molecule has 0 aromatic rings. The van der Waals surface area contributed by atoms with Crippen LogP contribution in [-0.4, -0.2) is 12.6 Å². The molecule has 2 fully saturated rings. The molecule has 96 valence electrons. The SMILES string of the molecule is C=CC(=O)OCCCCC1C2CCC(C2)C1C. The lowest BCUT2D eigenvalue weighted by atomic mass is 9.78. The van der Waals surface area contributed by atoms with Gasteiger partial charge in [0.1, 0.15) is 0 Å². The molecule has 0 heterocycles. The van der Waals surface area contributed by atoms with Crippen molar-refractivity contribution in [2.24, 2.45) is 23.7 Å². The van der Waals surface area contributed by atoms with Crippen LogP contribution in [0.1, 0.15) is 45.4 Å². The van der Waals surface area contributed by atoms with E-state index in [0.717, 1.165) is 30.1 Å². The average Bonchev–Trinajstić information content (AvgIpc) is 2.91. The summed E-state index contributed by atoms with van der Waals surface area (Å²) in [6.07, 6.45) is 9.18. The van der Waals surface area contributed by atoms with Crippen LogP contribution in [0.2, 0.25) is 0 Å². The smallest absolute Gasteiger partial charge is 0.330 e. The third kappa shape index (κ3) is 2.91. The number of rotatable bonds is 6. The molecule has 2 nitrogen and oxygen atoms in total. The molecule has 2 aliphatic rings. The summed E-state index contributed by atoms with van der Waals surface area (Å²) in [5.74, 6) is 3.61. The second kappa shape index (κ2) is 5.70. The van der Waals surface area contributed by atoms with Crippen LogP contribution in [0.4, 0.5) is 0 Å². The highest BCUT2D eigenvalue weighted by Crippen LogP contribution is 2.53. The van der Waals surface area contributed by atoms with Crippen LogP contribution in [0.5, 0.6) is 0 Å². The van der Waals surface area contributed by atoms with Crippen molar-refractivity contribution in [3.05, 3.63) is 12.7 Å². The fourth-order valence-corrected chi connectivity index (χ4v) is 3.91. The molecule has 0 saturated heterocycles. The second-order valence-electron chi connectivity index (χ2n) is 5.72. The van der Waals surface area contributed by atoms with Gasteiger partial charge in [0.15, 0.2) is 0 Å². The van der Waals surface area contributed by atoms with E-state index in [1.54, 1.807) is 0 Å². The van der Waals surface area contributed by atoms with Crippen molar-refractivity contribution >= 4 is 5.97 Å². The minimum atomic E-state index is -0.293. The quantitative estimate of drug-likeness (QED) is 0.400. The maximum Gasteiger partial charge on any atom is 0.330 e. The van der Waals surface area contributed by atoms with Crippen LogP contribution in [0.3, 0.4) is 0 Å². The first-order valence-electron chi connectivity index (χ1n) is 7.01. The van der Waals surface area contributed by atoms with Gasteiger partial charge in [-0.2, -0.15) is 0 Å². The zero-order valence-electron chi connectivity index (χ0n) is 10.9. The molecule has 2 rings (SSSR count). The number of unbranched alkanes of at least 4 members (excludes halogenated alkanes) is 1. The number of fused-ring (bicyclic) bond motifs is 2. The van der Waals surface area contributed by atoms with Gasteiger partial charge >= 0.3 is 5.97 Å². The molecule has 2 heteroatoms. The topological polar surface area (TPSA) is 26.3 Å². The molecule has 0 aliphatic heterocycles. The van der Waals surface area contributed by atoms with Crippen molar-refractivity contribution in [2.75, 3.05) is 6.61 Å². The van der Waals surface area contributed by atoms with Gasteiger partial charge < -0.3 is 4.74 Å². The van der Waals surface area contributed by atoms with Crippen molar-refractivity contribution < 1.29 is 9.53 Å². The van der Waals surface area contributed by atoms with E-state index in [1.807, 2.05) is 0 Å². The third-order valence-electron chi connectivity index (χ3n) is 4.88. The summed E-state index contributed by atoms with van der Waals surface area (Å²) < 4.78 is 4.99. The van der Waals surface area contributed by atoms with Crippen LogP contribution in [-0.2, 0) is 9.53 Å². The minimum absolute atomic E-state index is 0.293. The summed E-state index contributed by atoms with van der Waals surface area (Å²) in [5.41, 5.74) is 0. The second-order valence-corrected chi connectivity index (χ2v) is 5.72. The van der Waals surface area contributed by atoms with Crippen molar-refractivity contribution in [3.8, 4) is 0 Å². The Morgan fingerprint density at radius 1 is 1.35 bits per heavy atom. The number of esters is 1. The highest BCUT2D eigenvalue weighted by molar-refractivity contribution is 5.81. The van der Waals surface area contributed by atoms with Gasteiger partial charge in [0.25, 0.3) is 0 Å². The first-order valence-corrected chi connectivity index (χ1v) is 7.01. The first-order chi connectivity index (χ1) is 8.22.